The number of hydrogen-bond acceptors (Lipinski definition) is 4. The summed E-state index contributed by atoms with van der Waals surface area (Å²) in [5.74, 6) is 1.78. The van der Waals surface area contributed by atoms with Crippen molar-refractivity contribution in [3.8, 4) is 5.75 Å². The molecule has 30 heavy (non-hydrogen) atoms. The van der Waals surface area contributed by atoms with E-state index in [4.69, 9.17) is 9.73 Å². The predicted octanol–water partition coefficient (Wildman–Crippen LogP) is 4.03. The van der Waals surface area contributed by atoms with Crippen molar-refractivity contribution < 1.29 is 9.84 Å². The lowest BCUT2D eigenvalue weighted by atomic mass is 9.79. The molecule has 7 heteroatoms. The molecule has 0 spiro atoms. The van der Waals surface area contributed by atoms with Gasteiger partial charge < -0.3 is 25.4 Å². The Morgan fingerprint density at radius 2 is 2.07 bits per heavy atom. The lowest BCUT2D eigenvalue weighted by molar-refractivity contribution is 0.175. The zero-order valence-corrected chi connectivity index (χ0v) is 21.4. The largest absolute Gasteiger partial charge is 0.497 e. The molecule has 3 N–H and O–H groups in total. The number of rotatable bonds is 10. The predicted molar refractivity (Wildman–Crippen MR) is 137 cm³/mol. The van der Waals surface area contributed by atoms with Crippen LogP contribution in [0.25, 0.3) is 0 Å². The van der Waals surface area contributed by atoms with Gasteiger partial charge in [0.25, 0.3) is 0 Å². The van der Waals surface area contributed by atoms with Crippen LogP contribution in [0.1, 0.15) is 52.9 Å². The summed E-state index contributed by atoms with van der Waals surface area (Å²) in [5, 5.41) is 16.5. The first-order valence-electron chi connectivity index (χ1n) is 11.1. The van der Waals surface area contributed by atoms with Crippen LogP contribution in [0.4, 0.5) is 5.69 Å². The highest BCUT2D eigenvalue weighted by atomic mass is 127. The molecule has 6 nitrogen and oxygen atoms in total. The molecule has 1 saturated heterocycles. The average Bonchev–Trinajstić information content (AvgIpc) is 2.77. The molecule has 2 rings (SSSR count). The first-order valence-corrected chi connectivity index (χ1v) is 11.1. The Bertz CT molecular complexity index is 637. The number of aliphatic hydroxyl groups excluding tert-OH is 1. The molecule has 0 bridgehead atoms. The molecule has 0 radical (unpaired) electrons. The van der Waals surface area contributed by atoms with Gasteiger partial charge in [-0.1, -0.05) is 19.9 Å². The van der Waals surface area contributed by atoms with Gasteiger partial charge in [-0.25, -0.2) is 0 Å². The summed E-state index contributed by atoms with van der Waals surface area (Å²) in [6, 6.07) is 8.64. The van der Waals surface area contributed by atoms with Crippen molar-refractivity contribution in [2.24, 2.45) is 10.4 Å². The van der Waals surface area contributed by atoms with E-state index in [9.17, 15) is 5.11 Å². The van der Waals surface area contributed by atoms with Gasteiger partial charge in [0, 0.05) is 50.6 Å². The van der Waals surface area contributed by atoms with E-state index in [0.29, 0.717) is 6.04 Å². The maximum absolute atomic E-state index is 9.47. The zero-order valence-electron chi connectivity index (χ0n) is 19.1. The van der Waals surface area contributed by atoms with Gasteiger partial charge in [-0.2, -0.15) is 0 Å². The third-order valence-corrected chi connectivity index (χ3v) is 6.24. The van der Waals surface area contributed by atoms with E-state index in [2.05, 4.69) is 48.4 Å². The van der Waals surface area contributed by atoms with Gasteiger partial charge in [-0.3, -0.25) is 4.99 Å². The molecule has 1 aliphatic rings. The fourth-order valence-corrected chi connectivity index (χ4v) is 4.04. The monoisotopic (exact) mass is 532 g/mol. The van der Waals surface area contributed by atoms with Crippen molar-refractivity contribution in [2.75, 3.05) is 44.8 Å². The number of hydrogen-bond donors (Lipinski definition) is 3. The quantitative estimate of drug-likeness (QED) is 0.241. The normalized spacial score (nSPS) is 17.3. The highest BCUT2D eigenvalue weighted by Crippen LogP contribution is 2.30. The molecule has 0 aliphatic carbocycles. The minimum atomic E-state index is 0. The molecule has 1 aromatic rings. The SMILES string of the molecule is CCNC(=NCC(CC)(CC)CCO)NC1CCCN(c2cccc(OC)c2)C1.I. The van der Waals surface area contributed by atoms with E-state index in [1.165, 1.54) is 5.69 Å². The molecule has 0 saturated carbocycles. The Labute approximate surface area is 199 Å². The van der Waals surface area contributed by atoms with Crippen molar-refractivity contribution >= 4 is 35.6 Å². The summed E-state index contributed by atoms with van der Waals surface area (Å²) < 4.78 is 5.38. The number of ether oxygens (including phenoxy) is 1. The standard InChI is InChI=1S/C23H40N4O2.HI/c1-5-23(6-2,13-15-28)18-25-22(24-7-3)26-19-10-9-14-27(17-19)20-11-8-12-21(16-20)29-4;/h8,11-12,16,19,28H,5-7,9-10,13-15,17-18H2,1-4H3,(H2,24,25,26);1H. The first-order chi connectivity index (χ1) is 14.1. The molecule has 1 aliphatic heterocycles. The highest BCUT2D eigenvalue weighted by Gasteiger charge is 2.26. The fourth-order valence-electron chi connectivity index (χ4n) is 4.04. The first kappa shape index (κ1) is 26.8. The maximum atomic E-state index is 9.47. The highest BCUT2D eigenvalue weighted by molar-refractivity contribution is 14.0. The molecule has 1 aromatic carbocycles. The molecule has 1 atom stereocenters. The summed E-state index contributed by atoms with van der Waals surface area (Å²) >= 11 is 0. The molecular formula is C23H41IN4O2. The van der Waals surface area contributed by atoms with Gasteiger partial charge in [0.1, 0.15) is 5.75 Å². The minimum Gasteiger partial charge on any atom is -0.497 e. The third kappa shape index (κ3) is 7.80. The van der Waals surface area contributed by atoms with Gasteiger partial charge in [0.05, 0.1) is 7.11 Å². The summed E-state index contributed by atoms with van der Waals surface area (Å²) in [4.78, 5) is 7.33. The number of guanidine groups is 1. The Kier molecular flexibility index (Phi) is 12.5. The number of benzene rings is 1. The van der Waals surface area contributed by atoms with E-state index >= 15 is 0 Å². The van der Waals surface area contributed by atoms with Crippen LogP contribution in [0.2, 0.25) is 0 Å². The van der Waals surface area contributed by atoms with Gasteiger partial charge in [-0.15, -0.1) is 24.0 Å². The van der Waals surface area contributed by atoms with Gasteiger partial charge in [0.2, 0.25) is 0 Å². The van der Waals surface area contributed by atoms with Crippen LogP contribution in [0.5, 0.6) is 5.75 Å². The van der Waals surface area contributed by atoms with Crippen LogP contribution in [-0.2, 0) is 0 Å². The van der Waals surface area contributed by atoms with Crippen molar-refractivity contribution in [1.82, 2.24) is 10.6 Å². The van der Waals surface area contributed by atoms with E-state index in [1.54, 1.807) is 7.11 Å². The second-order valence-corrected chi connectivity index (χ2v) is 8.01. The van der Waals surface area contributed by atoms with Gasteiger partial charge >= 0.3 is 0 Å². The number of aliphatic hydroxyl groups is 1. The minimum absolute atomic E-state index is 0. The number of halogens is 1. The maximum Gasteiger partial charge on any atom is 0.191 e. The van der Waals surface area contributed by atoms with Crippen molar-refractivity contribution in [3.63, 3.8) is 0 Å². The topological polar surface area (TPSA) is 69.1 Å². The Morgan fingerprint density at radius 1 is 1.30 bits per heavy atom. The van der Waals surface area contributed by atoms with Gasteiger partial charge in [0.15, 0.2) is 5.96 Å². The van der Waals surface area contributed by atoms with E-state index in [0.717, 1.165) is 70.0 Å². The van der Waals surface area contributed by atoms with Crippen LogP contribution >= 0.6 is 24.0 Å². The molecule has 0 amide bonds. The molecular weight excluding hydrogens is 491 g/mol. The molecule has 1 unspecified atom stereocenters. The second-order valence-electron chi connectivity index (χ2n) is 8.01. The number of piperidine rings is 1. The van der Waals surface area contributed by atoms with Gasteiger partial charge in [-0.05, 0) is 56.6 Å². The molecule has 1 heterocycles. The van der Waals surface area contributed by atoms with Crippen LogP contribution in [0, 0.1) is 5.41 Å². The lowest BCUT2D eigenvalue weighted by Gasteiger charge is -2.36. The summed E-state index contributed by atoms with van der Waals surface area (Å²) in [6.45, 7) is 10.3. The second kappa shape index (κ2) is 14.0. The number of anilines is 1. The van der Waals surface area contributed by atoms with E-state index in [1.807, 2.05) is 12.1 Å². The molecule has 172 valence electrons. The van der Waals surface area contributed by atoms with E-state index < -0.39 is 0 Å². The number of nitrogens with zero attached hydrogens (tertiary/aromatic N) is 2. The molecule has 1 fully saturated rings. The van der Waals surface area contributed by atoms with Crippen molar-refractivity contribution in [3.05, 3.63) is 24.3 Å². The number of nitrogens with one attached hydrogen (secondary N) is 2. The lowest BCUT2D eigenvalue weighted by Crippen LogP contribution is -2.51. The average molecular weight is 533 g/mol. The Morgan fingerprint density at radius 3 is 2.70 bits per heavy atom. The van der Waals surface area contributed by atoms with E-state index in [-0.39, 0.29) is 36.0 Å². The summed E-state index contributed by atoms with van der Waals surface area (Å²) in [5.41, 5.74) is 1.28. The zero-order chi connectivity index (χ0) is 21.1. The van der Waals surface area contributed by atoms with Crippen LogP contribution in [-0.4, -0.2) is 57.0 Å². The third-order valence-electron chi connectivity index (χ3n) is 6.24. The smallest absolute Gasteiger partial charge is 0.191 e. The summed E-state index contributed by atoms with van der Waals surface area (Å²) in [6.07, 6.45) is 5.14. The Balaban J connectivity index is 0.00000450. The van der Waals surface area contributed by atoms with Crippen LogP contribution in [0.3, 0.4) is 0 Å². The Hall–Kier alpha value is -1.22. The summed E-state index contributed by atoms with van der Waals surface area (Å²) in [7, 11) is 1.71. The number of aliphatic imine (C=N–C) groups is 1. The van der Waals surface area contributed by atoms with Crippen LogP contribution in [0.15, 0.2) is 29.3 Å². The number of methoxy groups -OCH3 is 1. The van der Waals surface area contributed by atoms with Crippen molar-refractivity contribution in [1.29, 1.82) is 0 Å². The fraction of sp³-hybridized carbons (Fsp3) is 0.696. The van der Waals surface area contributed by atoms with Crippen molar-refractivity contribution in [2.45, 2.75) is 58.9 Å². The van der Waals surface area contributed by atoms with Crippen LogP contribution < -0.4 is 20.3 Å². The molecule has 0 aromatic heterocycles.